The van der Waals surface area contributed by atoms with Gasteiger partial charge in [-0.2, -0.15) is 0 Å². The number of nitrogens with one attached hydrogen (secondary N) is 1. The maximum atomic E-state index is 10.7. The monoisotopic (exact) mass is 161 g/mol. The van der Waals surface area contributed by atoms with E-state index in [1.165, 1.54) is 0 Å². The van der Waals surface area contributed by atoms with Crippen molar-refractivity contribution in [1.29, 1.82) is 0 Å². The molecule has 11 heavy (non-hydrogen) atoms. The van der Waals surface area contributed by atoms with Crippen LogP contribution in [0.3, 0.4) is 0 Å². The first-order valence-electron chi connectivity index (χ1n) is 3.74. The second kappa shape index (κ2) is 5.97. The first kappa shape index (κ1) is 10.2. The highest BCUT2D eigenvalue weighted by Gasteiger charge is 2.04. The molecule has 4 nitrogen and oxygen atoms in total. The van der Waals surface area contributed by atoms with Crippen molar-refractivity contribution >= 4 is 6.09 Å². The second-order valence-electron chi connectivity index (χ2n) is 2.31. The molecule has 0 rings (SSSR count). The number of rotatable bonds is 4. The van der Waals surface area contributed by atoms with E-state index in [-0.39, 0.29) is 19.3 Å². The summed E-state index contributed by atoms with van der Waals surface area (Å²) in [4.78, 5) is 10.7. The van der Waals surface area contributed by atoms with Crippen LogP contribution in [0, 0.1) is 0 Å². The minimum atomic E-state index is -0.464. The lowest BCUT2D eigenvalue weighted by Gasteiger charge is -2.10. The molecular weight excluding hydrogens is 146 g/mol. The normalized spacial score (nSPS) is 12.3. The van der Waals surface area contributed by atoms with E-state index in [0.29, 0.717) is 0 Å². The molecule has 0 fully saturated rings. The zero-order chi connectivity index (χ0) is 8.69. The van der Waals surface area contributed by atoms with Gasteiger partial charge in [-0.25, -0.2) is 4.79 Å². The number of aliphatic hydroxyl groups is 1. The maximum Gasteiger partial charge on any atom is 0.407 e. The highest BCUT2D eigenvalue weighted by Crippen LogP contribution is 1.88. The SMILES string of the molecule is CCC(C)NC(=O)OCCO. The maximum absolute atomic E-state index is 10.7. The molecule has 66 valence electrons. The van der Waals surface area contributed by atoms with Gasteiger partial charge >= 0.3 is 6.09 Å². The van der Waals surface area contributed by atoms with Gasteiger partial charge in [-0.15, -0.1) is 0 Å². The van der Waals surface area contributed by atoms with Gasteiger partial charge in [0.2, 0.25) is 0 Å². The van der Waals surface area contributed by atoms with Crippen molar-refractivity contribution in [2.24, 2.45) is 0 Å². The molecule has 4 heteroatoms. The van der Waals surface area contributed by atoms with E-state index in [1.54, 1.807) is 0 Å². The standard InChI is InChI=1S/C7H15NO3/c1-3-6(2)8-7(10)11-5-4-9/h6,9H,3-5H2,1-2H3,(H,8,10). The summed E-state index contributed by atoms with van der Waals surface area (Å²) in [7, 11) is 0. The van der Waals surface area contributed by atoms with Gasteiger partial charge in [-0.05, 0) is 13.3 Å². The zero-order valence-corrected chi connectivity index (χ0v) is 6.96. The Labute approximate surface area is 66.5 Å². The van der Waals surface area contributed by atoms with Crippen LogP contribution in [0.2, 0.25) is 0 Å². The molecule has 1 atom stereocenters. The van der Waals surface area contributed by atoms with Gasteiger partial charge < -0.3 is 15.2 Å². The summed E-state index contributed by atoms with van der Waals surface area (Å²) < 4.78 is 4.56. The van der Waals surface area contributed by atoms with E-state index < -0.39 is 6.09 Å². The Morgan fingerprint density at radius 1 is 1.73 bits per heavy atom. The summed E-state index contributed by atoms with van der Waals surface area (Å²) in [6.07, 6.45) is 0.405. The summed E-state index contributed by atoms with van der Waals surface area (Å²) in [6.45, 7) is 3.79. The van der Waals surface area contributed by atoms with Crippen molar-refractivity contribution in [3.8, 4) is 0 Å². The quantitative estimate of drug-likeness (QED) is 0.631. The fraction of sp³-hybridized carbons (Fsp3) is 0.857. The molecule has 0 radical (unpaired) electrons. The third-order valence-corrected chi connectivity index (χ3v) is 1.30. The molecule has 0 saturated heterocycles. The Bertz CT molecular complexity index is 116. The molecule has 2 N–H and O–H groups in total. The molecule has 0 heterocycles. The summed E-state index contributed by atoms with van der Waals surface area (Å²) in [5, 5.41) is 10.9. The number of hydrogen-bond acceptors (Lipinski definition) is 3. The highest BCUT2D eigenvalue weighted by molar-refractivity contribution is 5.67. The molecule has 0 aliphatic rings. The van der Waals surface area contributed by atoms with E-state index in [1.807, 2.05) is 13.8 Å². The minimum Gasteiger partial charge on any atom is -0.447 e. The molecule has 0 aromatic heterocycles. The molecule has 0 aromatic carbocycles. The molecule has 1 unspecified atom stereocenters. The Morgan fingerprint density at radius 3 is 2.82 bits per heavy atom. The second-order valence-corrected chi connectivity index (χ2v) is 2.31. The molecule has 0 spiro atoms. The van der Waals surface area contributed by atoms with Gasteiger partial charge in [0.05, 0.1) is 6.61 Å². The average molecular weight is 161 g/mol. The van der Waals surface area contributed by atoms with Crippen molar-refractivity contribution in [1.82, 2.24) is 5.32 Å². The van der Waals surface area contributed by atoms with Gasteiger partial charge in [0, 0.05) is 6.04 Å². The van der Waals surface area contributed by atoms with Crippen molar-refractivity contribution < 1.29 is 14.6 Å². The van der Waals surface area contributed by atoms with Crippen LogP contribution in [-0.2, 0) is 4.74 Å². The number of amides is 1. The molecule has 0 aliphatic heterocycles. The van der Waals surface area contributed by atoms with E-state index >= 15 is 0 Å². The summed E-state index contributed by atoms with van der Waals surface area (Å²) >= 11 is 0. The summed E-state index contributed by atoms with van der Waals surface area (Å²) in [5.74, 6) is 0. The Hall–Kier alpha value is -0.770. The number of aliphatic hydroxyl groups excluding tert-OH is 1. The van der Waals surface area contributed by atoms with Crippen LogP contribution >= 0.6 is 0 Å². The molecule has 0 bridgehead atoms. The molecule has 0 aromatic rings. The van der Waals surface area contributed by atoms with E-state index in [4.69, 9.17) is 5.11 Å². The van der Waals surface area contributed by atoms with E-state index in [2.05, 4.69) is 10.1 Å². The number of alkyl carbamates (subject to hydrolysis) is 1. The van der Waals surface area contributed by atoms with Crippen LogP contribution in [0.4, 0.5) is 4.79 Å². The topological polar surface area (TPSA) is 58.6 Å². The van der Waals surface area contributed by atoms with E-state index in [0.717, 1.165) is 6.42 Å². The lowest BCUT2D eigenvalue weighted by molar-refractivity contribution is 0.116. The Balaban J connectivity index is 3.36. The third kappa shape index (κ3) is 5.66. The smallest absolute Gasteiger partial charge is 0.407 e. The van der Waals surface area contributed by atoms with Crippen LogP contribution in [0.15, 0.2) is 0 Å². The molecule has 0 saturated carbocycles. The van der Waals surface area contributed by atoms with Gasteiger partial charge in [-0.1, -0.05) is 6.92 Å². The van der Waals surface area contributed by atoms with Crippen LogP contribution in [0.5, 0.6) is 0 Å². The average Bonchev–Trinajstić information content (AvgIpc) is 2.00. The van der Waals surface area contributed by atoms with Crippen molar-refractivity contribution in [3.63, 3.8) is 0 Å². The predicted octanol–water partition coefficient (Wildman–Crippen LogP) is 0.503. The zero-order valence-electron chi connectivity index (χ0n) is 6.96. The first-order chi connectivity index (χ1) is 5.20. The predicted molar refractivity (Wildman–Crippen MR) is 41.3 cm³/mol. The largest absolute Gasteiger partial charge is 0.447 e. The highest BCUT2D eigenvalue weighted by atomic mass is 16.6. The van der Waals surface area contributed by atoms with Crippen molar-refractivity contribution in [2.45, 2.75) is 26.3 Å². The first-order valence-corrected chi connectivity index (χ1v) is 3.74. The minimum absolute atomic E-state index is 0.0578. The van der Waals surface area contributed by atoms with Crippen LogP contribution in [0.1, 0.15) is 20.3 Å². The van der Waals surface area contributed by atoms with Crippen LogP contribution in [-0.4, -0.2) is 30.5 Å². The lowest BCUT2D eigenvalue weighted by Crippen LogP contribution is -2.32. The van der Waals surface area contributed by atoms with Gasteiger partial charge in [0.1, 0.15) is 6.61 Å². The Kier molecular flexibility index (Phi) is 5.56. The van der Waals surface area contributed by atoms with Crippen LogP contribution in [0.25, 0.3) is 0 Å². The van der Waals surface area contributed by atoms with Crippen molar-refractivity contribution in [3.05, 3.63) is 0 Å². The fourth-order valence-electron chi connectivity index (χ4n) is 0.483. The number of carbonyl (C=O) groups excluding carboxylic acids is 1. The number of carbonyl (C=O) groups is 1. The molecule has 1 amide bonds. The number of hydrogen-bond donors (Lipinski definition) is 2. The fourth-order valence-corrected chi connectivity index (χ4v) is 0.483. The lowest BCUT2D eigenvalue weighted by atomic mass is 10.3. The molecule has 0 aliphatic carbocycles. The van der Waals surface area contributed by atoms with Crippen molar-refractivity contribution in [2.75, 3.05) is 13.2 Å². The number of ether oxygens (including phenoxy) is 1. The summed E-state index contributed by atoms with van der Waals surface area (Å²) in [5.41, 5.74) is 0. The van der Waals surface area contributed by atoms with Crippen LogP contribution < -0.4 is 5.32 Å². The third-order valence-electron chi connectivity index (χ3n) is 1.30. The van der Waals surface area contributed by atoms with E-state index in [9.17, 15) is 4.79 Å². The summed E-state index contributed by atoms with van der Waals surface area (Å²) in [6, 6.07) is 0.126. The molecular formula is C7H15NO3. The van der Waals surface area contributed by atoms with Gasteiger partial charge in [-0.3, -0.25) is 0 Å². The van der Waals surface area contributed by atoms with Gasteiger partial charge in [0.25, 0.3) is 0 Å². The van der Waals surface area contributed by atoms with Gasteiger partial charge in [0.15, 0.2) is 0 Å². The Morgan fingerprint density at radius 2 is 2.36 bits per heavy atom.